The lowest BCUT2D eigenvalue weighted by atomic mass is 10.1. The lowest BCUT2D eigenvalue weighted by Gasteiger charge is -2.31. The van der Waals surface area contributed by atoms with E-state index in [1.54, 1.807) is 13.8 Å². The molecule has 0 amide bonds. The highest BCUT2D eigenvalue weighted by Crippen LogP contribution is 2.35. The van der Waals surface area contributed by atoms with E-state index in [1.165, 1.54) is 11.9 Å². The zero-order chi connectivity index (χ0) is 13.9. The van der Waals surface area contributed by atoms with Crippen molar-refractivity contribution in [1.29, 1.82) is 0 Å². The fourth-order valence-corrected chi connectivity index (χ4v) is 2.49. The molecular formula is C12H20F3N2O+. The van der Waals surface area contributed by atoms with Crippen LogP contribution in [0.3, 0.4) is 0 Å². The number of allylic oxidation sites excluding steroid dienone is 2. The summed E-state index contributed by atoms with van der Waals surface area (Å²) in [6.45, 7) is 3.76. The Bertz CT molecular complexity index is 350. The van der Waals surface area contributed by atoms with Crippen LogP contribution in [0.15, 0.2) is 11.4 Å². The molecule has 1 unspecified atom stereocenters. The topological polar surface area (TPSA) is 23.3 Å². The second-order valence-corrected chi connectivity index (χ2v) is 4.50. The first-order valence-electron chi connectivity index (χ1n) is 6.29. The Kier molecular flexibility index (Phi) is 4.76. The predicted molar refractivity (Wildman–Crippen MR) is 62.9 cm³/mol. The molecule has 1 rings (SSSR count). The van der Waals surface area contributed by atoms with Gasteiger partial charge in [-0.25, -0.2) is 0 Å². The maximum Gasteiger partial charge on any atom is 0.408 e. The van der Waals surface area contributed by atoms with Crippen LogP contribution in [0.25, 0.3) is 0 Å². The van der Waals surface area contributed by atoms with E-state index in [0.29, 0.717) is 30.7 Å². The minimum atomic E-state index is -4.25. The predicted octanol–water partition coefficient (Wildman–Crippen LogP) is 3.45. The maximum atomic E-state index is 12.9. The van der Waals surface area contributed by atoms with Gasteiger partial charge in [0, 0.05) is 23.1 Å². The minimum Gasteiger partial charge on any atom is -0.361 e. The molecule has 0 saturated heterocycles. The van der Waals surface area contributed by atoms with Crippen LogP contribution in [0.2, 0.25) is 0 Å². The Morgan fingerprint density at radius 1 is 1.39 bits per heavy atom. The monoisotopic (exact) mass is 265 g/mol. The van der Waals surface area contributed by atoms with Gasteiger partial charge in [-0.2, -0.15) is 13.2 Å². The highest BCUT2D eigenvalue weighted by molar-refractivity contribution is 5.10. The van der Waals surface area contributed by atoms with E-state index in [1.807, 2.05) is 0 Å². The summed E-state index contributed by atoms with van der Waals surface area (Å²) in [6, 6.07) is -1.48. The average molecular weight is 265 g/mol. The van der Waals surface area contributed by atoms with E-state index in [9.17, 15) is 18.1 Å². The summed E-state index contributed by atoms with van der Waals surface area (Å²) in [7, 11) is 1.44. The van der Waals surface area contributed by atoms with Crippen molar-refractivity contribution in [2.24, 2.45) is 0 Å². The van der Waals surface area contributed by atoms with Crippen molar-refractivity contribution >= 4 is 0 Å². The van der Waals surface area contributed by atoms with E-state index in [2.05, 4.69) is 0 Å². The fraction of sp³-hybridized carbons (Fsp3) is 0.833. The van der Waals surface area contributed by atoms with Crippen LogP contribution < -0.4 is 0 Å². The lowest BCUT2D eigenvalue weighted by molar-refractivity contribution is -0.499. The Morgan fingerprint density at radius 3 is 2.44 bits per heavy atom. The molecule has 0 aliphatic carbocycles. The number of alkyl halides is 3. The molecule has 1 aliphatic rings. The molecule has 0 saturated carbocycles. The molecule has 1 aliphatic heterocycles. The molecule has 1 atom stereocenters. The number of hydrogen-bond donors (Lipinski definition) is 0. The van der Waals surface area contributed by atoms with Gasteiger partial charge < -0.3 is 4.90 Å². The van der Waals surface area contributed by atoms with E-state index in [0.717, 1.165) is 4.76 Å². The van der Waals surface area contributed by atoms with Crippen LogP contribution in [-0.4, -0.2) is 35.5 Å². The van der Waals surface area contributed by atoms with Gasteiger partial charge in [-0.1, -0.05) is 6.92 Å². The van der Waals surface area contributed by atoms with Crippen LogP contribution in [0.4, 0.5) is 13.2 Å². The highest BCUT2D eigenvalue weighted by Gasteiger charge is 2.45. The Labute approximate surface area is 105 Å². The Hall–Kier alpha value is -1.07. The second kappa shape index (κ2) is 5.71. The number of nitrogens with zero attached hydrogens (tertiary/aromatic N) is 2. The molecule has 0 aromatic rings. The average Bonchev–Trinajstić information content (AvgIpc) is 2.46. The Balaban J connectivity index is 3.14. The smallest absolute Gasteiger partial charge is 0.361 e. The first-order valence-corrected chi connectivity index (χ1v) is 6.29. The molecule has 0 fully saturated rings. The van der Waals surface area contributed by atoms with Crippen molar-refractivity contribution in [1.82, 2.24) is 4.90 Å². The van der Waals surface area contributed by atoms with Crippen LogP contribution in [0.5, 0.6) is 0 Å². The number of rotatable bonds is 3. The minimum absolute atomic E-state index is 0.0462. The zero-order valence-corrected chi connectivity index (χ0v) is 11.0. The molecule has 3 nitrogen and oxygen atoms in total. The fourth-order valence-electron chi connectivity index (χ4n) is 2.49. The molecule has 18 heavy (non-hydrogen) atoms. The van der Waals surface area contributed by atoms with E-state index in [-0.39, 0.29) is 13.0 Å². The van der Waals surface area contributed by atoms with Crippen molar-refractivity contribution in [2.75, 3.05) is 13.6 Å². The summed E-state index contributed by atoms with van der Waals surface area (Å²) in [5, 5.41) is 0. The van der Waals surface area contributed by atoms with Crippen LogP contribution in [-0.2, 0) is 0 Å². The molecule has 6 heteroatoms. The number of nitroso groups, excluding NO2 is 1. The van der Waals surface area contributed by atoms with Crippen molar-refractivity contribution in [3.05, 3.63) is 16.3 Å². The van der Waals surface area contributed by atoms with Crippen molar-refractivity contribution in [2.45, 2.75) is 51.7 Å². The van der Waals surface area contributed by atoms with E-state index in [4.69, 9.17) is 0 Å². The molecule has 0 bridgehead atoms. The van der Waals surface area contributed by atoms with E-state index >= 15 is 0 Å². The normalized spacial score (nSPS) is 22.1. The van der Waals surface area contributed by atoms with Crippen molar-refractivity contribution < 1.29 is 17.9 Å². The van der Waals surface area contributed by atoms with Gasteiger partial charge in [-0.15, -0.1) is 0 Å². The van der Waals surface area contributed by atoms with Gasteiger partial charge >= 0.3 is 6.18 Å². The summed E-state index contributed by atoms with van der Waals surface area (Å²) in [4.78, 5) is 13.0. The molecule has 0 aromatic carbocycles. The SMILES string of the molecule is CCC1=C([N+](=O)CC)CCCC(C(F)(F)F)N1C. The first-order chi connectivity index (χ1) is 8.32. The van der Waals surface area contributed by atoms with Crippen molar-refractivity contribution in [3.8, 4) is 0 Å². The molecule has 0 spiro atoms. The Morgan fingerprint density at radius 2 is 2.00 bits per heavy atom. The van der Waals surface area contributed by atoms with Crippen LogP contribution in [0.1, 0.15) is 39.5 Å². The van der Waals surface area contributed by atoms with Gasteiger partial charge in [0.1, 0.15) is 6.04 Å². The largest absolute Gasteiger partial charge is 0.408 e. The van der Waals surface area contributed by atoms with Crippen LogP contribution in [0, 0.1) is 4.91 Å². The molecule has 1 heterocycles. The van der Waals surface area contributed by atoms with E-state index < -0.39 is 12.2 Å². The lowest BCUT2D eigenvalue weighted by Crippen LogP contribution is -2.42. The summed E-state index contributed by atoms with van der Waals surface area (Å²) in [5.74, 6) is 0. The molecule has 0 aromatic heterocycles. The third-order valence-corrected chi connectivity index (χ3v) is 3.42. The summed E-state index contributed by atoms with van der Waals surface area (Å²) in [6.07, 6.45) is -2.93. The highest BCUT2D eigenvalue weighted by atomic mass is 19.4. The van der Waals surface area contributed by atoms with Gasteiger partial charge in [-0.05, 0) is 26.2 Å². The van der Waals surface area contributed by atoms with Crippen molar-refractivity contribution in [3.63, 3.8) is 0 Å². The van der Waals surface area contributed by atoms with Gasteiger partial charge in [-0.3, -0.25) is 0 Å². The van der Waals surface area contributed by atoms with Gasteiger partial charge in [0.25, 0.3) is 5.70 Å². The second-order valence-electron chi connectivity index (χ2n) is 4.50. The van der Waals surface area contributed by atoms with Gasteiger partial charge in [0.15, 0.2) is 6.54 Å². The molecule has 0 N–H and O–H groups in total. The molecule has 104 valence electrons. The summed E-state index contributed by atoms with van der Waals surface area (Å²) in [5.41, 5.74) is 1.03. The summed E-state index contributed by atoms with van der Waals surface area (Å²) < 4.78 is 39.6. The molecule has 0 radical (unpaired) electrons. The third-order valence-electron chi connectivity index (χ3n) is 3.42. The standard InChI is InChI=1S/C12H20F3N2O/c1-4-9-10(17(18)5-2)7-6-8-11(16(9)3)12(13,14)15/h11H,4-8H2,1-3H3/q+1. The zero-order valence-electron chi connectivity index (χ0n) is 11.0. The quantitative estimate of drug-likeness (QED) is 0.730. The van der Waals surface area contributed by atoms with Crippen LogP contribution >= 0.6 is 0 Å². The first kappa shape index (κ1) is 15.0. The van der Waals surface area contributed by atoms with Gasteiger partial charge in [0.2, 0.25) is 0 Å². The summed E-state index contributed by atoms with van der Waals surface area (Å²) >= 11 is 0. The maximum absolute atomic E-state index is 12.9. The molecular weight excluding hydrogens is 245 g/mol. The number of hydrogen-bond acceptors (Lipinski definition) is 2. The van der Waals surface area contributed by atoms with Gasteiger partial charge in [0.05, 0.1) is 5.70 Å². The third kappa shape index (κ3) is 3.03. The number of halogens is 3.